The Bertz CT molecular complexity index is 466. The number of nitrogens with one attached hydrogen (secondary N) is 3. The normalized spacial score (nSPS) is 10.9. The van der Waals surface area contributed by atoms with E-state index in [-0.39, 0.29) is 5.82 Å². The molecule has 7 heteroatoms. The number of aromatic amines is 2. The molecule has 1 aromatic heterocycles. The first-order valence-electron chi connectivity index (χ1n) is 4.60. The van der Waals surface area contributed by atoms with Crippen molar-refractivity contribution in [3.05, 3.63) is 26.9 Å². The first-order chi connectivity index (χ1) is 7.26. The molecular weight excluding hydrogens is 214 g/mol. The van der Waals surface area contributed by atoms with E-state index >= 15 is 0 Å². The van der Waals surface area contributed by atoms with Crippen molar-refractivity contribution in [3.63, 3.8) is 0 Å². The highest BCUT2D eigenvalue weighted by atomic mass is 16.6. The van der Waals surface area contributed by atoms with Crippen LogP contribution in [0.25, 0.3) is 0 Å². The van der Waals surface area contributed by atoms with E-state index in [1.165, 1.54) is 0 Å². The van der Waals surface area contributed by atoms with Gasteiger partial charge in [0.1, 0.15) is 11.4 Å². The molecule has 7 nitrogen and oxygen atoms in total. The summed E-state index contributed by atoms with van der Waals surface area (Å²) < 4.78 is 4.94. The van der Waals surface area contributed by atoms with Crippen LogP contribution in [0.2, 0.25) is 0 Å². The SMILES string of the molecule is CC(C)(C)OC(=O)Nc1cc(=O)[nH]c(=O)[nH]1. The van der Waals surface area contributed by atoms with E-state index in [0.29, 0.717) is 0 Å². The van der Waals surface area contributed by atoms with Crippen LogP contribution in [0.5, 0.6) is 0 Å². The highest BCUT2D eigenvalue weighted by Gasteiger charge is 2.16. The van der Waals surface area contributed by atoms with Crippen molar-refractivity contribution in [1.29, 1.82) is 0 Å². The minimum absolute atomic E-state index is 0.0111. The molecule has 1 aromatic rings. The quantitative estimate of drug-likeness (QED) is 0.646. The van der Waals surface area contributed by atoms with E-state index in [0.717, 1.165) is 6.07 Å². The Morgan fingerprint density at radius 2 is 1.94 bits per heavy atom. The van der Waals surface area contributed by atoms with Crippen molar-refractivity contribution in [2.45, 2.75) is 26.4 Å². The van der Waals surface area contributed by atoms with Gasteiger partial charge in [-0.05, 0) is 20.8 Å². The van der Waals surface area contributed by atoms with Gasteiger partial charge < -0.3 is 4.74 Å². The van der Waals surface area contributed by atoms with Gasteiger partial charge in [0.05, 0.1) is 0 Å². The summed E-state index contributed by atoms with van der Waals surface area (Å²) >= 11 is 0. The lowest BCUT2D eigenvalue weighted by atomic mass is 10.2. The lowest BCUT2D eigenvalue weighted by Gasteiger charge is -2.19. The number of anilines is 1. The average molecular weight is 227 g/mol. The van der Waals surface area contributed by atoms with Gasteiger partial charge in [-0.3, -0.25) is 20.1 Å². The largest absolute Gasteiger partial charge is 0.444 e. The topological polar surface area (TPSA) is 104 Å². The highest BCUT2D eigenvalue weighted by Crippen LogP contribution is 2.08. The maximum absolute atomic E-state index is 11.3. The molecule has 0 aromatic carbocycles. The van der Waals surface area contributed by atoms with Crippen molar-refractivity contribution >= 4 is 11.9 Å². The molecule has 0 spiro atoms. The second kappa shape index (κ2) is 4.21. The van der Waals surface area contributed by atoms with Crippen molar-refractivity contribution in [2.24, 2.45) is 0 Å². The number of ether oxygens (including phenoxy) is 1. The number of amides is 1. The Morgan fingerprint density at radius 1 is 1.31 bits per heavy atom. The number of H-pyrrole nitrogens is 2. The Labute approximate surface area is 90.8 Å². The molecule has 16 heavy (non-hydrogen) atoms. The van der Waals surface area contributed by atoms with Crippen LogP contribution in [0, 0.1) is 0 Å². The molecule has 0 aliphatic heterocycles. The molecule has 0 atom stereocenters. The molecular formula is C9H13N3O4. The third kappa shape index (κ3) is 3.99. The maximum Gasteiger partial charge on any atom is 0.413 e. The zero-order valence-electron chi connectivity index (χ0n) is 9.21. The minimum atomic E-state index is -0.742. The smallest absolute Gasteiger partial charge is 0.413 e. The molecule has 0 fully saturated rings. The van der Waals surface area contributed by atoms with Gasteiger partial charge >= 0.3 is 11.8 Å². The second-order valence-electron chi connectivity index (χ2n) is 4.13. The molecule has 88 valence electrons. The fraction of sp³-hybridized carbons (Fsp3) is 0.444. The summed E-state index contributed by atoms with van der Waals surface area (Å²) in [5.41, 5.74) is -1.95. The van der Waals surface area contributed by atoms with E-state index in [9.17, 15) is 14.4 Å². The van der Waals surface area contributed by atoms with Crippen LogP contribution in [0.4, 0.5) is 10.6 Å². The standard InChI is InChI=1S/C9H13N3O4/c1-9(2,3)16-8(15)11-5-4-6(13)12-7(14)10-5/h4H,1-3H3,(H3,10,11,12,13,14,15). The Hall–Kier alpha value is -2.05. The first kappa shape index (κ1) is 12.0. The average Bonchev–Trinajstić information content (AvgIpc) is 1.96. The van der Waals surface area contributed by atoms with E-state index < -0.39 is 22.9 Å². The van der Waals surface area contributed by atoms with Crippen molar-refractivity contribution < 1.29 is 9.53 Å². The number of hydrogen-bond acceptors (Lipinski definition) is 4. The molecule has 0 aliphatic carbocycles. The molecule has 1 heterocycles. The van der Waals surface area contributed by atoms with Crippen LogP contribution in [0.15, 0.2) is 15.7 Å². The predicted molar refractivity (Wildman–Crippen MR) is 57.5 cm³/mol. The fourth-order valence-electron chi connectivity index (χ4n) is 0.950. The van der Waals surface area contributed by atoms with Gasteiger partial charge in [-0.25, -0.2) is 9.59 Å². The summed E-state index contributed by atoms with van der Waals surface area (Å²) in [4.78, 5) is 37.3. The van der Waals surface area contributed by atoms with Crippen LogP contribution in [-0.4, -0.2) is 21.7 Å². The summed E-state index contributed by atoms with van der Waals surface area (Å²) in [5.74, 6) is -0.0111. The molecule has 0 radical (unpaired) electrons. The summed E-state index contributed by atoms with van der Waals surface area (Å²) in [5, 5.41) is 2.24. The number of carbonyl (C=O) groups is 1. The molecule has 0 saturated heterocycles. The van der Waals surface area contributed by atoms with E-state index in [4.69, 9.17) is 4.74 Å². The maximum atomic E-state index is 11.3. The van der Waals surface area contributed by atoms with Gasteiger partial charge in [0, 0.05) is 6.07 Å². The Kier molecular flexibility index (Phi) is 3.17. The number of carbonyl (C=O) groups excluding carboxylic acids is 1. The van der Waals surface area contributed by atoms with Gasteiger partial charge in [-0.15, -0.1) is 0 Å². The zero-order valence-corrected chi connectivity index (χ0v) is 9.21. The third-order valence-corrected chi connectivity index (χ3v) is 1.40. The van der Waals surface area contributed by atoms with Gasteiger partial charge in [-0.2, -0.15) is 0 Å². The molecule has 3 N–H and O–H groups in total. The van der Waals surface area contributed by atoms with Crippen molar-refractivity contribution in [2.75, 3.05) is 5.32 Å². The van der Waals surface area contributed by atoms with Gasteiger partial charge in [0.2, 0.25) is 0 Å². The van der Waals surface area contributed by atoms with Crippen LogP contribution in [0.3, 0.4) is 0 Å². The van der Waals surface area contributed by atoms with Gasteiger partial charge in [-0.1, -0.05) is 0 Å². The summed E-state index contributed by atoms with van der Waals surface area (Å²) in [6.07, 6.45) is -0.742. The Balaban J connectivity index is 2.78. The summed E-state index contributed by atoms with van der Waals surface area (Å²) in [6.45, 7) is 5.10. The fourth-order valence-corrected chi connectivity index (χ4v) is 0.950. The minimum Gasteiger partial charge on any atom is -0.444 e. The molecule has 1 rings (SSSR count). The first-order valence-corrected chi connectivity index (χ1v) is 4.60. The molecule has 0 aliphatic rings. The number of rotatable bonds is 1. The van der Waals surface area contributed by atoms with Crippen molar-refractivity contribution in [3.8, 4) is 0 Å². The molecule has 0 unspecified atom stereocenters. The predicted octanol–water partition coefficient (Wildman–Crippen LogP) is 0.410. The summed E-state index contributed by atoms with van der Waals surface area (Å²) in [6, 6.07) is 1.05. The van der Waals surface area contributed by atoms with Crippen LogP contribution >= 0.6 is 0 Å². The highest BCUT2D eigenvalue weighted by molar-refractivity contribution is 5.83. The second-order valence-corrected chi connectivity index (χ2v) is 4.13. The van der Waals surface area contributed by atoms with Crippen LogP contribution in [-0.2, 0) is 4.74 Å². The van der Waals surface area contributed by atoms with Gasteiger partial charge in [0.15, 0.2) is 0 Å². The van der Waals surface area contributed by atoms with Crippen molar-refractivity contribution in [1.82, 2.24) is 9.97 Å². The van der Waals surface area contributed by atoms with Gasteiger partial charge in [0.25, 0.3) is 5.56 Å². The lowest BCUT2D eigenvalue weighted by molar-refractivity contribution is 0.0635. The third-order valence-electron chi connectivity index (χ3n) is 1.40. The monoisotopic (exact) mass is 227 g/mol. The Morgan fingerprint density at radius 3 is 2.44 bits per heavy atom. The number of hydrogen-bond donors (Lipinski definition) is 3. The number of aromatic nitrogens is 2. The van der Waals surface area contributed by atoms with Crippen LogP contribution in [0.1, 0.15) is 20.8 Å². The van der Waals surface area contributed by atoms with Crippen LogP contribution < -0.4 is 16.6 Å². The molecule has 0 bridgehead atoms. The van der Waals surface area contributed by atoms with E-state index in [2.05, 4.69) is 10.3 Å². The van der Waals surface area contributed by atoms with E-state index in [1.54, 1.807) is 20.8 Å². The molecule has 0 saturated carbocycles. The lowest BCUT2D eigenvalue weighted by Crippen LogP contribution is -2.29. The summed E-state index contributed by atoms with van der Waals surface area (Å²) in [7, 11) is 0. The van der Waals surface area contributed by atoms with E-state index in [1.807, 2.05) is 4.98 Å². The molecule has 1 amide bonds. The zero-order chi connectivity index (χ0) is 12.3.